The van der Waals surface area contributed by atoms with E-state index in [1.54, 1.807) is 0 Å². The Hall–Kier alpha value is -1.35. The predicted octanol–water partition coefficient (Wildman–Crippen LogP) is 2.28. The molecule has 108 valence electrons. The molecule has 0 aromatic heterocycles. The molecule has 1 aromatic carbocycles. The summed E-state index contributed by atoms with van der Waals surface area (Å²) in [5, 5.41) is 3.39. The van der Waals surface area contributed by atoms with Gasteiger partial charge in [-0.15, -0.1) is 0 Å². The minimum atomic E-state index is 0.337. The van der Waals surface area contributed by atoms with E-state index >= 15 is 0 Å². The molecule has 0 radical (unpaired) electrons. The van der Waals surface area contributed by atoms with Crippen molar-refractivity contribution in [3.8, 4) is 0 Å². The maximum Gasteiger partial charge on any atom is 0.222 e. The molecular formula is C17H24N2O. The van der Waals surface area contributed by atoms with Crippen LogP contribution in [0.1, 0.15) is 42.4 Å². The van der Waals surface area contributed by atoms with Gasteiger partial charge < -0.3 is 10.2 Å². The average molecular weight is 272 g/mol. The van der Waals surface area contributed by atoms with Crippen LogP contribution in [0.3, 0.4) is 0 Å². The van der Waals surface area contributed by atoms with Crippen molar-refractivity contribution in [2.24, 2.45) is 0 Å². The van der Waals surface area contributed by atoms with Crippen molar-refractivity contribution in [3.63, 3.8) is 0 Å². The highest BCUT2D eigenvalue weighted by Gasteiger charge is 2.16. The molecule has 0 saturated carbocycles. The fourth-order valence-corrected chi connectivity index (χ4v) is 3.24. The molecule has 1 N–H and O–H groups in total. The molecule has 3 heteroatoms. The van der Waals surface area contributed by atoms with Gasteiger partial charge in [0, 0.05) is 26.1 Å². The summed E-state index contributed by atoms with van der Waals surface area (Å²) in [6.07, 6.45) is 6.30. The Morgan fingerprint density at radius 2 is 2.00 bits per heavy atom. The highest BCUT2D eigenvalue weighted by molar-refractivity contribution is 5.76. The Kier molecular flexibility index (Phi) is 4.36. The summed E-state index contributed by atoms with van der Waals surface area (Å²) in [6.45, 7) is 3.99. The predicted molar refractivity (Wildman–Crippen MR) is 80.6 cm³/mol. The summed E-state index contributed by atoms with van der Waals surface area (Å²) >= 11 is 0. The van der Waals surface area contributed by atoms with E-state index in [0.29, 0.717) is 12.3 Å². The topological polar surface area (TPSA) is 32.3 Å². The standard InChI is InChI=1S/C17H24N2O/c20-17(19-10-2-1-3-11-19)7-5-14-4-6-16-13-18-9-8-15(16)12-14/h4,6,12,18H,1-3,5,7-11,13H2. The molecule has 2 heterocycles. The third kappa shape index (κ3) is 3.21. The summed E-state index contributed by atoms with van der Waals surface area (Å²) in [6, 6.07) is 6.72. The molecule has 0 atom stereocenters. The van der Waals surface area contributed by atoms with Crippen molar-refractivity contribution < 1.29 is 4.79 Å². The number of carbonyl (C=O) groups excluding carboxylic acids is 1. The molecule has 1 aromatic rings. The second kappa shape index (κ2) is 6.40. The molecule has 3 rings (SSSR count). The third-order valence-corrected chi connectivity index (χ3v) is 4.49. The van der Waals surface area contributed by atoms with Crippen molar-refractivity contribution in [2.45, 2.75) is 45.1 Å². The molecule has 0 unspecified atom stereocenters. The lowest BCUT2D eigenvalue weighted by Crippen LogP contribution is -2.35. The number of amides is 1. The van der Waals surface area contributed by atoms with Crippen LogP contribution in [0, 0.1) is 0 Å². The number of hydrogen-bond donors (Lipinski definition) is 1. The van der Waals surface area contributed by atoms with Crippen molar-refractivity contribution in [1.29, 1.82) is 0 Å². The Balaban J connectivity index is 1.56. The summed E-state index contributed by atoms with van der Waals surface area (Å²) in [5.41, 5.74) is 4.20. The zero-order valence-corrected chi connectivity index (χ0v) is 12.2. The lowest BCUT2D eigenvalue weighted by molar-refractivity contribution is -0.132. The van der Waals surface area contributed by atoms with E-state index in [1.165, 1.54) is 36.0 Å². The summed E-state index contributed by atoms with van der Waals surface area (Å²) in [5.74, 6) is 0.337. The van der Waals surface area contributed by atoms with E-state index in [4.69, 9.17) is 0 Å². The van der Waals surface area contributed by atoms with E-state index in [2.05, 4.69) is 23.5 Å². The first kappa shape index (κ1) is 13.6. The van der Waals surface area contributed by atoms with Crippen LogP contribution in [0.5, 0.6) is 0 Å². The van der Waals surface area contributed by atoms with Gasteiger partial charge in [0.05, 0.1) is 0 Å². The Bertz CT molecular complexity index is 478. The number of aryl methyl sites for hydroxylation is 1. The summed E-state index contributed by atoms with van der Waals surface area (Å²) < 4.78 is 0. The first-order chi connectivity index (χ1) is 9.83. The Morgan fingerprint density at radius 1 is 1.15 bits per heavy atom. The van der Waals surface area contributed by atoms with Gasteiger partial charge in [-0.1, -0.05) is 18.2 Å². The van der Waals surface area contributed by atoms with E-state index in [1.807, 2.05) is 4.90 Å². The average Bonchev–Trinajstić information content (AvgIpc) is 2.53. The third-order valence-electron chi connectivity index (χ3n) is 4.49. The van der Waals surface area contributed by atoms with Crippen LogP contribution in [0.15, 0.2) is 18.2 Å². The first-order valence-electron chi connectivity index (χ1n) is 7.92. The maximum atomic E-state index is 12.2. The minimum Gasteiger partial charge on any atom is -0.343 e. The number of fused-ring (bicyclic) bond motifs is 1. The minimum absolute atomic E-state index is 0.337. The van der Waals surface area contributed by atoms with Crippen molar-refractivity contribution >= 4 is 5.91 Å². The molecule has 1 fully saturated rings. The zero-order valence-electron chi connectivity index (χ0n) is 12.2. The lowest BCUT2D eigenvalue weighted by Gasteiger charge is -2.26. The molecule has 2 aliphatic rings. The zero-order chi connectivity index (χ0) is 13.8. The van der Waals surface area contributed by atoms with Crippen LogP contribution < -0.4 is 5.32 Å². The molecular weight excluding hydrogens is 248 g/mol. The van der Waals surface area contributed by atoms with Gasteiger partial charge in [-0.25, -0.2) is 0 Å². The van der Waals surface area contributed by atoms with Gasteiger partial charge in [0.1, 0.15) is 0 Å². The number of hydrogen-bond acceptors (Lipinski definition) is 2. The van der Waals surface area contributed by atoms with Crippen molar-refractivity contribution in [1.82, 2.24) is 10.2 Å². The molecule has 0 bridgehead atoms. The molecule has 0 spiro atoms. The van der Waals surface area contributed by atoms with Crippen LogP contribution in [0.25, 0.3) is 0 Å². The second-order valence-electron chi connectivity index (χ2n) is 5.97. The van der Waals surface area contributed by atoms with Crippen LogP contribution in [0.2, 0.25) is 0 Å². The first-order valence-corrected chi connectivity index (χ1v) is 7.92. The molecule has 20 heavy (non-hydrogen) atoms. The number of carbonyl (C=O) groups is 1. The fraction of sp³-hybridized carbons (Fsp3) is 0.588. The number of rotatable bonds is 3. The van der Waals surface area contributed by atoms with Crippen LogP contribution >= 0.6 is 0 Å². The van der Waals surface area contributed by atoms with E-state index in [0.717, 1.165) is 39.0 Å². The number of benzene rings is 1. The normalized spacial score (nSPS) is 18.7. The maximum absolute atomic E-state index is 12.2. The number of likely N-dealkylation sites (tertiary alicyclic amines) is 1. The molecule has 0 aliphatic carbocycles. The lowest BCUT2D eigenvalue weighted by atomic mass is 9.96. The van der Waals surface area contributed by atoms with Gasteiger partial charge >= 0.3 is 0 Å². The van der Waals surface area contributed by atoms with E-state index in [9.17, 15) is 4.79 Å². The van der Waals surface area contributed by atoms with E-state index < -0.39 is 0 Å². The SMILES string of the molecule is O=C(CCc1ccc2c(c1)CCNC2)N1CCCCC1. The van der Waals surface area contributed by atoms with Crippen LogP contribution in [-0.4, -0.2) is 30.4 Å². The molecule has 1 saturated heterocycles. The number of nitrogens with one attached hydrogen (secondary N) is 1. The number of nitrogens with zero attached hydrogens (tertiary/aromatic N) is 1. The summed E-state index contributed by atoms with van der Waals surface area (Å²) in [7, 11) is 0. The van der Waals surface area contributed by atoms with Gasteiger partial charge in [0.25, 0.3) is 0 Å². The van der Waals surface area contributed by atoms with Gasteiger partial charge in [0.2, 0.25) is 5.91 Å². The van der Waals surface area contributed by atoms with Crippen molar-refractivity contribution in [2.75, 3.05) is 19.6 Å². The fourth-order valence-electron chi connectivity index (χ4n) is 3.24. The second-order valence-corrected chi connectivity index (χ2v) is 5.97. The summed E-state index contributed by atoms with van der Waals surface area (Å²) in [4.78, 5) is 14.2. The van der Waals surface area contributed by atoms with Gasteiger partial charge in [-0.05, 0) is 55.3 Å². The van der Waals surface area contributed by atoms with Gasteiger partial charge in [-0.3, -0.25) is 4.79 Å². The quantitative estimate of drug-likeness (QED) is 0.915. The highest BCUT2D eigenvalue weighted by Crippen LogP contribution is 2.17. The Morgan fingerprint density at radius 3 is 2.85 bits per heavy atom. The largest absolute Gasteiger partial charge is 0.343 e. The van der Waals surface area contributed by atoms with Gasteiger partial charge in [-0.2, -0.15) is 0 Å². The monoisotopic (exact) mass is 272 g/mol. The van der Waals surface area contributed by atoms with Crippen LogP contribution in [-0.2, 0) is 24.2 Å². The smallest absolute Gasteiger partial charge is 0.222 e. The number of piperidine rings is 1. The Labute approximate surface area is 121 Å². The van der Waals surface area contributed by atoms with E-state index in [-0.39, 0.29) is 0 Å². The highest BCUT2D eigenvalue weighted by atomic mass is 16.2. The molecule has 2 aliphatic heterocycles. The van der Waals surface area contributed by atoms with Gasteiger partial charge in [0.15, 0.2) is 0 Å². The molecule has 3 nitrogen and oxygen atoms in total. The molecule has 1 amide bonds. The van der Waals surface area contributed by atoms with Crippen molar-refractivity contribution in [3.05, 3.63) is 34.9 Å². The van der Waals surface area contributed by atoms with Crippen LogP contribution in [0.4, 0.5) is 0 Å².